The zero-order chi connectivity index (χ0) is 10.6. The topological polar surface area (TPSA) is 43.1 Å². The number of hydrogen-bond acceptors (Lipinski definition) is 3. The van der Waals surface area contributed by atoms with Gasteiger partial charge in [0.1, 0.15) is 5.78 Å². The molecule has 0 saturated heterocycles. The number of ketones is 1. The van der Waals surface area contributed by atoms with E-state index in [0.29, 0.717) is 13.0 Å². The molecule has 78 valence electrons. The molecule has 0 spiro atoms. The number of aryl methyl sites for hydroxylation is 1. The molecular weight excluding hydrogens is 194 g/mol. The largest absolute Gasteiger partial charge is 0.330 e. The van der Waals surface area contributed by atoms with Gasteiger partial charge in [0.2, 0.25) is 0 Å². The van der Waals surface area contributed by atoms with Crippen molar-refractivity contribution in [3.8, 4) is 0 Å². The van der Waals surface area contributed by atoms with Crippen molar-refractivity contribution in [3.05, 3.63) is 21.9 Å². The summed E-state index contributed by atoms with van der Waals surface area (Å²) in [4.78, 5) is 14.1. The highest BCUT2D eigenvalue weighted by atomic mass is 32.1. The molecule has 1 aromatic heterocycles. The average Bonchev–Trinajstić information content (AvgIpc) is 2.64. The van der Waals surface area contributed by atoms with Gasteiger partial charge in [-0.2, -0.15) is 0 Å². The molecule has 0 fully saturated rings. The van der Waals surface area contributed by atoms with Crippen LogP contribution in [-0.4, -0.2) is 12.3 Å². The standard InChI is InChI=1S/C11H17NOS/c1-3-9-4-5-10(14-9)6-11(13)8(2)7-12/h4-5,8H,3,6-7,12H2,1-2H3. The first-order valence-corrected chi connectivity index (χ1v) is 5.79. The highest BCUT2D eigenvalue weighted by Gasteiger charge is 2.12. The summed E-state index contributed by atoms with van der Waals surface area (Å²) in [5.74, 6) is 0.235. The van der Waals surface area contributed by atoms with E-state index in [1.807, 2.05) is 13.0 Å². The third-order valence-electron chi connectivity index (χ3n) is 2.32. The van der Waals surface area contributed by atoms with Gasteiger partial charge in [-0.3, -0.25) is 4.79 Å². The van der Waals surface area contributed by atoms with Gasteiger partial charge < -0.3 is 5.73 Å². The molecule has 14 heavy (non-hydrogen) atoms. The van der Waals surface area contributed by atoms with E-state index in [4.69, 9.17) is 5.73 Å². The van der Waals surface area contributed by atoms with Crippen LogP contribution in [0.1, 0.15) is 23.6 Å². The van der Waals surface area contributed by atoms with Crippen LogP contribution in [0.25, 0.3) is 0 Å². The summed E-state index contributed by atoms with van der Waals surface area (Å²) < 4.78 is 0. The minimum absolute atomic E-state index is 0.0119. The summed E-state index contributed by atoms with van der Waals surface area (Å²) in [5, 5.41) is 0. The zero-order valence-corrected chi connectivity index (χ0v) is 9.56. The summed E-state index contributed by atoms with van der Waals surface area (Å²) >= 11 is 1.73. The fourth-order valence-corrected chi connectivity index (χ4v) is 2.15. The van der Waals surface area contributed by atoms with E-state index in [-0.39, 0.29) is 11.7 Å². The molecule has 0 bridgehead atoms. The molecule has 0 radical (unpaired) electrons. The van der Waals surface area contributed by atoms with Crippen molar-refractivity contribution in [1.82, 2.24) is 0 Å². The minimum Gasteiger partial charge on any atom is -0.330 e. The van der Waals surface area contributed by atoms with Crippen molar-refractivity contribution in [1.29, 1.82) is 0 Å². The molecular formula is C11H17NOS. The summed E-state index contributed by atoms with van der Waals surface area (Å²) in [7, 11) is 0. The molecule has 0 aromatic carbocycles. The lowest BCUT2D eigenvalue weighted by atomic mass is 10.0. The maximum atomic E-state index is 11.6. The average molecular weight is 211 g/mol. The van der Waals surface area contributed by atoms with Crippen molar-refractivity contribution in [2.75, 3.05) is 6.54 Å². The summed E-state index contributed by atoms with van der Waals surface area (Å²) in [6.07, 6.45) is 1.59. The Morgan fingerprint density at radius 3 is 2.64 bits per heavy atom. The number of carbonyl (C=O) groups is 1. The van der Waals surface area contributed by atoms with E-state index in [2.05, 4.69) is 13.0 Å². The van der Waals surface area contributed by atoms with Crippen LogP contribution in [0.15, 0.2) is 12.1 Å². The van der Waals surface area contributed by atoms with Gasteiger partial charge in [-0.15, -0.1) is 11.3 Å². The number of hydrogen-bond donors (Lipinski definition) is 1. The molecule has 0 aliphatic carbocycles. The van der Waals surface area contributed by atoms with Crippen molar-refractivity contribution >= 4 is 17.1 Å². The van der Waals surface area contributed by atoms with Gasteiger partial charge in [-0.1, -0.05) is 13.8 Å². The van der Waals surface area contributed by atoms with Crippen LogP contribution in [0.4, 0.5) is 0 Å². The van der Waals surface area contributed by atoms with E-state index in [0.717, 1.165) is 11.3 Å². The van der Waals surface area contributed by atoms with E-state index >= 15 is 0 Å². The van der Waals surface area contributed by atoms with Gasteiger partial charge in [0.15, 0.2) is 0 Å². The Balaban J connectivity index is 2.56. The van der Waals surface area contributed by atoms with Crippen LogP contribution in [-0.2, 0) is 17.6 Å². The van der Waals surface area contributed by atoms with Gasteiger partial charge in [0.05, 0.1) is 0 Å². The zero-order valence-electron chi connectivity index (χ0n) is 8.75. The smallest absolute Gasteiger partial charge is 0.142 e. The quantitative estimate of drug-likeness (QED) is 0.809. The normalized spacial score (nSPS) is 12.8. The molecule has 2 nitrogen and oxygen atoms in total. The first-order valence-electron chi connectivity index (χ1n) is 4.97. The second-order valence-electron chi connectivity index (χ2n) is 3.50. The molecule has 0 aliphatic rings. The molecule has 0 saturated carbocycles. The number of carbonyl (C=O) groups excluding carboxylic acids is 1. The second kappa shape index (κ2) is 5.27. The Morgan fingerprint density at radius 1 is 1.50 bits per heavy atom. The highest BCUT2D eigenvalue weighted by Crippen LogP contribution is 2.18. The van der Waals surface area contributed by atoms with Gasteiger partial charge >= 0.3 is 0 Å². The van der Waals surface area contributed by atoms with Crippen LogP contribution in [0.2, 0.25) is 0 Å². The van der Waals surface area contributed by atoms with Crippen molar-refractivity contribution in [2.45, 2.75) is 26.7 Å². The van der Waals surface area contributed by atoms with Gasteiger partial charge in [0.25, 0.3) is 0 Å². The first-order chi connectivity index (χ1) is 6.67. The number of thiophene rings is 1. The van der Waals surface area contributed by atoms with Crippen LogP contribution >= 0.6 is 11.3 Å². The molecule has 1 heterocycles. The Kier molecular flexibility index (Phi) is 4.29. The molecule has 1 atom stereocenters. The van der Waals surface area contributed by atoms with Crippen molar-refractivity contribution in [3.63, 3.8) is 0 Å². The third kappa shape index (κ3) is 2.93. The lowest BCUT2D eigenvalue weighted by molar-refractivity contribution is -0.121. The minimum atomic E-state index is -0.0119. The van der Waals surface area contributed by atoms with E-state index in [9.17, 15) is 4.79 Å². The summed E-state index contributed by atoms with van der Waals surface area (Å²) in [6, 6.07) is 4.14. The Morgan fingerprint density at radius 2 is 2.14 bits per heavy atom. The van der Waals surface area contributed by atoms with Crippen molar-refractivity contribution in [2.24, 2.45) is 11.7 Å². The lowest BCUT2D eigenvalue weighted by Gasteiger charge is -2.04. The highest BCUT2D eigenvalue weighted by molar-refractivity contribution is 7.12. The van der Waals surface area contributed by atoms with E-state index in [1.165, 1.54) is 4.88 Å². The predicted molar refractivity (Wildman–Crippen MR) is 60.6 cm³/mol. The maximum absolute atomic E-state index is 11.6. The van der Waals surface area contributed by atoms with Gasteiger partial charge in [-0.05, 0) is 18.6 Å². The summed E-state index contributed by atoms with van der Waals surface area (Å²) in [5.41, 5.74) is 5.44. The predicted octanol–water partition coefficient (Wildman–Crippen LogP) is 2.02. The number of Topliss-reactive ketones (excluding diaryl/α,β-unsaturated/α-hetero) is 1. The Bertz CT molecular complexity index is 306. The molecule has 1 aromatic rings. The molecule has 1 unspecified atom stereocenters. The molecule has 2 N–H and O–H groups in total. The number of rotatable bonds is 5. The fourth-order valence-electron chi connectivity index (χ4n) is 1.18. The Hall–Kier alpha value is -0.670. The van der Waals surface area contributed by atoms with E-state index in [1.54, 1.807) is 11.3 Å². The second-order valence-corrected chi connectivity index (χ2v) is 4.75. The first kappa shape index (κ1) is 11.4. The molecule has 0 aliphatic heterocycles. The SMILES string of the molecule is CCc1ccc(CC(=O)C(C)CN)s1. The van der Waals surface area contributed by atoms with Crippen LogP contribution < -0.4 is 5.73 Å². The fraction of sp³-hybridized carbons (Fsp3) is 0.545. The molecule has 1 rings (SSSR count). The van der Waals surface area contributed by atoms with Crippen LogP contribution in [0, 0.1) is 5.92 Å². The molecule has 3 heteroatoms. The van der Waals surface area contributed by atoms with Gasteiger partial charge in [-0.25, -0.2) is 0 Å². The van der Waals surface area contributed by atoms with Crippen LogP contribution in [0.5, 0.6) is 0 Å². The molecule has 0 amide bonds. The monoisotopic (exact) mass is 211 g/mol. The van der Waals surface area contributed by atoms with Gasteiger partial charge in [0, 0.05) is 28.6 Å². The lowest BCUT2D eigenvalue weighted by Crippen LogP contribution is -2.21. The number of nitrogens with two attached hydrogens (primary N) is 1. The van der Waals surface area contributed by atoms with Crippen molar-refractivity contribution < 1.29 is 4.79 Å². The summed E-state index contributed by atoms with van der Waals surface area (Å²) in [6.45, 7) is 4.46. The maximum Gasteiger partial charge on any atom is 0.142 e. The Labute approximate surface area is 89.1 Å². The third-order valence-corrected chi connectivity index (χ3v) is 3.55. The van der Waals surface area contributed by atoms with E-state index < -0.39 is 0 Å². The van der Waals surface area contributed by atoms with Crippen LogP contribution in [0.3, 0.4) is 0 Å².